The van der Waals surface area contributed by atoms with Crippen LogP contribution >= 0.6 is 0 Å². The Hall–Kier alpha value is -1.34. The van der Waals surface area contributed by atoms with Crippen LogP contribution in [0.25, 0.3) is 0 Å². The molecule has 1 aliphatic carbocycles. The quantitative estimate of drug-likeness (QED) is 0.910. The molecule has 1 aromatic heterocycles. The predicted molar refractivity (Wildman–Crippen MR) is 77.3 cm³/mol. The minimum Gasteiger partial charge on any atom is -0.459 e. The molecular weight excluding hydrogens is 292 g/mol. The fourth-order valence-electron chi connectivity index (χ4n) is 3.52. The van der Waals surface area contributed by atoms with Crippen LogP contribution in [0, 0.1) is 5.41 Å². The highest BCUT2D eigenvalue weighted by molar-refractivity contribution is 7.88. The highest BCUT2D eigenvalue weighted by atomic mass is 32.2. The van der Waals surface area contributed by atoms with Gasteiger partial charge in [-0.1, -0.05) is 0 Å². The van der Waals surface area contributed by atoms with E-state index in [1.165, 1.54) is 12.5 Å². The summed E-state index contributed by atoms with van der Waals surface area (Å²) in [6.45, 7) is 1.43. The summed E-state index contributed by atoms with van der Waals surface area (Å²) in [5.41, 5.74) is 0.211. The number of carbonyl (C=O) groups is 1. The Labute approximate surface area is 124 Å². The minimum absolute atomic E-state index is 0.0556. The number of piperidine rings is 1. The molecule has 6 nitrogen and oxygen atoms in total. The van der Waals surface area contributed by atoms with E-state index < -0.39 is 10.0 Å². The van der Waals surface area contributed by atoms with Gasteiger partial charge in [0, 0.05) is 19.1 Å². The fourth-order valence-corrected chi connectivity index (χ4v) is 4.29. The molecular formula is C14H20N2O4S. The number of hydrogen-bond donors (Lipinski definition) is 1. The highest BCUT2D eigenvalue weighted by Gasteiger charge is 2.47. The SMILES string of the molecule is CS(=O)(=O)NC1CC2(CCN(C(=O)c3ccco3)CC2)C1. The van der Waals surface area contributed by atoms with E-state index >= 15 is 0 Å². The molecule has 1 spiro atoms. The van der Waals surface area contributed by atoms with Crippen LogP contribution in [0.3, 0.4) is 0 Å². The molecule has 116 valence electrons. The van der Waals surface area contributed by atoms with Crippen molar-refractivity contribution in [1.29, 1.82) is 0 Å². The Balaban J connectivity index is 1.52. The molecule has 1 saturated carbocycles. The van der Waals surface area contributed by atoms with E-state index in [2.05, 4.69) is 4.72 Å². The topological polar surface area (TPSA) is 79.6 Å². The number of amides is 1. The third kappa shape index (κ3) is 3.13. The Morgan fingerprint density at radius 1 is 1.38 bits per heavy atom. The zero-order valence-corrected chi connectivity index (χ0v) is 12.9. The molecule has 1 N–H and O–H groups in total. The van der Waals surface area contributed by atoms with E-state index in [0.29, 0.717) is 18.8 Å². The van der Waals surface area contributed by atoms with Gasteiger partial charge < -0.3 is 9.32 Å². The second-order valence-electron chi connectivity index (χ2n) is 6.26. The van der Waals surface area contributed by atoms with Crippen LogP contribution in [0.2, 0.25) is 0 Å². The van der Waals surface area contributed by atoms with Crippen molar-refractivity contribution < 1.29 is 17.6 Å². The smallest absolute Gasteiger partial charge is 0.289 e. The molecule has 7 heteroatoms. The van der Waals surface area contributed by atoms with Gasteiger partial charge in [-0.15, -0.1) is 0 Å². The van der Waals surface area contributed by atoms with Gasteiger partial charge in [0.05, 0.1) is 12.5 Å². The first-order valence-electron chi connectivity index (χ1n) is 7.17. The van der Waals surface area contributed by atoms with Crippen molar-refractivity contribution in [3.63, 3.8) is 0 Å². The van der Waals surface area contributed by atoms with E-state index in [0.717, 1.165) is 25.7 Å². The summed E-state index contributed by atoms with van der Waals surface area (Å²) < 4.78 is 30.2. The molecule has 0 atom stereocenters. The lowest BCUT2D eigenvalue weighted by atomic mass is 9.60. The molecule has 0 bridgehead atoms. The van der Waals surface area contributed by atoms with Crippen LogP contribution in [-0.4, -0.2) is 44.6 Å². The van der Waals surface area contributed by atoms with E-state index in [-0.39, 0.29) is 17.4 Å². The maximum absolute atomic E-state index is 12.2. The van der Waals surface area contributed by atoms with Crippen molar-refractivity contribution in [2.24, 2.45) is 5.41 Å². The monoisotopic (exact) mass is 312 g/mol. The van der Waals surface area contributed by atoms with Gasteiger partial charge in [0.25, 0.3) is 5.91 Å². The van der Waals surface area contributed by atoms with Crippen LogP contribution in [-0.2, 0) is 10.0 Å². The first-order chi connectivity index (χ1) is 9.87. The van der Waals surface area contributed by atoms with Gasteiger partial charge in [0.1, 0.15) is 0 Å². The van der Waals surface area contributed by atoms with Crippen LogP contribution < -0.4 is 4.72 Å². The van der Waals surface area contributed by atoms with Crippen molar-refractivity contribution in [2.75, 3.05) is 19.3 Å². The Morgan fingerprint density at radius 2 is 2.05 bits per heavy atom. The molecule has 2 heterocycles. The molecule has 3 rings (SSSR count). The molecule has 2 aliphatic rings. The normalized spacial score (nSPS) is 22.2. The third-order valence-corrected chi connectivity index (χ3v) is 5.34. The van der Waals surface area contributed by atoms with Gasteiger partial charge in [0.2, 0.25) is 10.0 Å². The molecule has 2 fully saturated rings. The van der Waals surface area contributed by atoms with Crippen molar-refractivity contribution in [3.8, 4) is 0 Å². The number of hydrogen-bond acceptors (Lipinski definition) is 4. The van der Waals surface area contributed by atoms with Gasteiger partial charge in [-0.25, -0.2) is 13.1 Å². The van der Waals surface area contributed by atoms with Crippen molar-refractivity contribution in [2.45, 2.75) is 31.7 Å². The predicted octanol–water partition coefficient (Wildman–Crippen LogP) is 1.21. The Bertz CT molecular complexity index is 607. The van der Waals surface area contributed by atoms with E-state index in [1.54, 1.807) is 12.1 Å². The molecule has 1 saturated heterocycles. The molecule has 1 amide bonds. The van der Waals surface area contributed by atoms with Gasteiger partial charge >= 0.3 is 0 Å². The largest absolute Gasteiger partial charge is 0.459 e. The van der Waals surface area contributed by atoms with Gasteiger partial charge in [-0.05, 0) is 43.2 Å². The molecule has 0 aromatic carbocycles. The molecule has 1 aromatic rings. The summed E-state index contributed by atoms with van der Waals surface area (Å²) in [7, 11) is -3.12. The number of rotatable bonds is 3. The average molecular weight is 312 g/mol. The Kier molecular flexibility index (Phi) is 3.57. The van der Waals surface area contributed by atoms with Crippen molar-refractivity contribution in [3.05, 3.63) is 24.2 Å². The standard InChI is InChI=1S/C14H20N2O4S/c1-21(18,19)15-11-9-14(10-11)4-6-16(7-5-14)13(17)12-3-2-8-20-12/h2-3,8,11,15H,4-7,9-10H2,1H3. The summed E-state index contributed by atoms with van der Waals surface area (Å²) in [6, 6.07) is 3.46. The fraction of sp³-hybridized carbons (Fsp3) is 0.643. The molecule has 1 aliphatic heterocycles. The van der Waals surface area contributed by atoms with Crippen LogP contribution in [0.5, 0.6) is 0 Å². The first kappa shape index (κ1) is 14.6. The second kappa shape index (κ2) is 5.14. The number of furan rings is 1. The summed E-state index contributed by atoms with van der Waals surface area (Å²) in [5.74, 6) is 0.330. The van der Waals surface area contributed by atoms with E-state index in [9.17, 15) is 13.2 Å². The van der Waals surface area contributed by atoms with E-state index in [1.807, 2.05) is 4.90 Å². The lowest BCUT2D eigenvalue weighted by molar-refractivity contribution is 0.0125. The molecule has 21 heavy (non-hydrogen) atoms. The second-order valence-corrected chi connectivity index (χ2v) is 8.04. The molecule has 0 radical (unpaired) electrons. The van der Waals surface area contributed by atoms with Crippen LogP contribution in [0.4, 0.5) is 0 Å². The lowest BCUT2D eigenvalue weighted by Gasteiger charge is -2.52. The molecule has 0 unspecified atom stereocenters. The minimum atomic E-state index is -3.12. The van der Waals surface area contributed by atoms with Crippen molar-refractivity contribution >= 4 is 15.9 Å². The van der Waals surface area contributed by atoms with Gasteiger partial charge in [-0.2, -0.15) is 0 Å². The lowest BCUT2D eigenvalue weighted by Crippen LogP contribution is -2.55. The number of nitrogens with zero attached hydrogens (tertiary/aromatic N) is 1. The van der Waals surface area contributed by atoms with Crippen LogP contribution in [0.15, 0.2) is 22.8 Å². The maximum Gasteiger partial charge on any atom is 0.289 e. The van der Waals surface area contributed by atoms with Gasteiger partial charge in [0.15, 0.2) is 5.76 Å². The maximum atomic E-state index is 12.2. The first-order valence-corrected chi connectivity index (χ1v) is 9.06. The zero-order valence-electron chi connectivity index (χ0n) is 12.0. The number of carbonyl (C=O) groups excluding carboxylic acids is 1. The average Bonchev–Trinajstić information content (AvgIpc) is 2.89. The summed E-state index contributed by atoms with van der Waals surface area (Å²) in [4.78, 5) is 14.0. The number of sulfonamides is 1. The van der Waals surface area contributed by atoms with E-state index in [4.69, 9.17) is 4.42 Å². The highest BCUT2D eigenvalue weighted by Crippen LogP contribution is 2.49. The van der Waals surface area contributed by atoms with Gasteiger partial charge in [-0.3, -0.25) is 4.79 Å². The van der Waals surface area contributed by atoms with Crippen molar-refractivity contribution in [1.82, 2.24) is 9.62 Å². The van der Waals surface area contributed by atoms with Crippen LogP contribution in [0.1, 0.15) is 36.2 Å². The summed E-state index contributed by atoms with van der Waals surface area (Å²) in [5, 5.41) is 0. The summed E-state index contributed by atoms with van der Waals surface area (Å²) >= 11 is 0. The Morgan fingerprint density at radius 3 is 2.57 bits per heavy atom. The third-order valence-electron chi connectivity index (χ3n) is 4.58. The number of likely N-dealkylation sites (tertiary alicyclic amines) is 1. The summed E-state index contributed by atoms with van der Waals surface area (Å²) in [6.07, 6.45) is 6.32. The zero-order chi connectivity index (χ0) is 15.1. The number of nitrogens with one attached hydrogen (secondary N) is 1.